The number of aromatic nitrogens is 1. The number of rotatable bonds is 2. The van der Waals surface area contributed by atoms with Gasteiger partial charge in [0.1, 0.15) is 5.69 Å². The van der Waals surface area contributed by atoms with Gasteiger partial charge in [0.05, 0.1) is 0 Å². The Hall–Kier alpha value is -2.07. The molecule has 4 rings (SSSR count). The molecule has 2 aromatic rings. The molecular formula is C19H23N3O. The van der Waals surface area contributed by atoms with E-state index in [9.17, 15) is 4.79 Å². The van der Waals surface area contributed by atoms with E-state index in [0.29, 0.717) is 6.04 Å². The standard InChI is InChI=1S/C19H23N3O/c1-20-8-4-7-18(20)19(23)22-11-9-21(10-12-22)17-13-15-5-2-3-6-16(15)14-17/h2-8,17H,9-14H2,1H3. The van der Waals surface area contributed by atoms with Crippen molar-refractivity contribution in [1.82, 2.24) is 14.4 Å². The summed E-state index contributed by atoms with van der Waals surface area (Å²) in [6.07, 6.45) is 4.24. The average molecular weight is 309 g/mol. The first-order valence-corrected chi connectivity index (χ1v) is 8.44. The number of amides is 1. The second-order valence-corrected chi connectivity index (χ2v) is 6.66. The molecule has 1 aliphatic carbocycles. The molecule has 0 atom stereocenters. The van der Waals surface area contributed by atoms with E-state index in [2.05, 4.69) is 29.2 Å². The lowest BCUT2D eigenvalue weighted by atomic mass is 10.1. The van der Waals surface area contributed by atoms with E-state index in [1.807, 2.05) is 34.8 Å². The summed E-state index contributed by atoms with van der Waals surface area (Å²) >= 11 is 0. The minimum absolute atomic E-state index is 0.159. The van der Waals surface area contributed by atoms with Crippen molar-refractivity contribution >= 4 is 5.91 Å². The topological polar surface area (TPSA) is 28.5 Å². The molecule has 1 fully saturated rings. The Bertz CT molecular complexity index is 688. The predicted molar refractivity (Wildman–Crippen MR) is 90.5 cm³/mol. The highest BCUT2D eigenvalue weighted by Crippen LogP contribution is 2.26. The maximum absolute atomic E-state index is 12.6. The first-order chi connectivity index (χ1) is 11.2. The zero-order valence-electron chi connectivity index (χ0n) is 13.6. The number of benzene rings is 1. The van der Waals surface area contributed by atoms with Crippen molar-refractivity contribution in [3.8, 4) is 0 Å². The van der Waals surface area contributed by atoms with Crippen molar-refractivity contribution in [2.24, 2.45) is 7.05 Å². The van der Waals surface area contributed by atoms with Gasteiger partial charge in [-0.2, -0.15) is 0 Å². The number of hydrogen-bond donors (Lipinski definition) is 0. The fourth-order valence-corrected chi connectivity index (χ4v) is 3.93. The van der Waals surface area contributed by atoms with Gasteiger partial charge < -0.3 is 9.47 Å². The number of fused-ring (bicyclic) bond motifs is 1. The highest BCUT2D eigenvalue weighted by molar-refractivity contribution is 5.92. The molecule has 0 bridgehead atoms. The third-order valence-electron chi connectivity index (χ3n) is 5.31. The van der Waals surface area contributed by atoms with E-state index in [-0.39, 0.29) is 5.91 Å². The Labute approximate surface area is 137 Å². The molecule has 1 aromatic heterocycles. The lowest BCUT2D eigenvalue weighted by molar-refractivity contribution is 0.0567. The normalized spacial score (nSPS) is 19.1. The van der Waals surface area contributed by atoms with Crippen LogP contribution in [0.1, 0.15) is 21.6 Å². The maximum Gasteiger partial charge on any atom is 0.270 e. The van der Waals surface area contributed by atoms with Gasteiger partial charge in [-0.15, -0.1) is 0 Å². The van der Waals surface area contributed by atoms with E-state index in [1.165, 1.54) is 11.1 Å². The van der Waals surface area contributed by atoms with Crippen LogP contribution in [0.3, 0.4) is 0 Å². The molecule has 2 aliphatic rings. The molecule has 1 aliphatic heterocycles. The van der Waals surface area contributed by atoms with Crippen molar-refractivity contribution in [1.29, 1.82) is 0 Å². The smallest absolute Gasteiger partial charge is 0.270 e. The molecule has 2 heterocycles. The van der Waals surface area contributed by atoms with Crippen molar-refractivity contribution in [2.45, 2.75) is 18.9 Å². The van der Waals surface area contributed by atoms with Crippen LogP contribution in [0, 0.1) is 0 Å². The van der Waals surface area contributed by atoms with Crippen molar-refractivity contribution < 1.29 is 4.79 Å². The molecule has 0 unspecified atom stereocenters. The van der Waals surface area contributed by atoms with Crippen LogP contribution in [-0.2, 0) is 19.9 Å². The first kappa shape index (κ1) is 14.5. The SMILES string of the molecule is Cn1cccc1C(=O)N1CCN(C2Cc3ccccc3C2)CC1. The second-order valence-electron chi connectivity index (χ2n) is 6.66. The summed E-state index contributed by atoms with van der Waals surface area (Å²) in [5.41, 5.74) is 3.78. The quantitative estimate of drug-likeness (QED) is 0.848. The Balaban J connectivity index is 1.37. The van der Waals surface area contributed by atoms with Crippen LogP contribution in [0.4, 0.5) is 0 Å². The summed E-state index contributed by atoms with van der Waals surface area (Å²) in [6, 6.07) is 13.2. The van der Waals surface area contributed by atoms with Crippen LogP contribution in [0.15, 0.2) is 42.6 Å². The molecule has 0 N–H and O–H groups in total. The van der Waals surface area contributed by atoms with Gasteiger partial charge >= 0.3 is 0 Å². The minimum Gasteiger partial charge on any atom is -0.347 e. The number of carbonyl (C=O) groups is 1. The Morgan fingerprint density at radius 3 is 2.17 bits per heavy atom. The molecule has 23 heavy (non-hydrogen) atoms. The van der Waals surface area contributed by atoms with E-state index >= 15 is 0 Å². The van der Waals surface area contributed by atoms with Crippen LogP contribution in [-0.4, -0.2) is 52.5 Å². The van der Waals surface area contributed by atoms with E-state index in [1.54, 1.807) is 0 Å². The molecule has 0 saturated carbocycles. The number of carbonyl (C=O) groups excluding carboxylic acids is 1. The van der Waals surface area contributed by atoms with Gasteiger partial charge in [-0.3, -0.25) is 9.69 Å². The molecule has 4 nitrogen and oxygen atoms in total. The van der Waals surface area contributed by atoms with Crippen LogP contribution in [0.5, 0.6) is 0 Å². The molecule has 0 radical (unpaired) electrons. The maximum atomic E-state index is 12.6. The number of piperazine rings is 1. The summed E-state index contributed by atoms with van der Waals surface area (Å²) in [5, 5.41) is 0. The summed E-state index contributed by atoms with van der Waals surface area (Å²) < 4.78 is 1.91. The highest BCUT2D eigenvalue weighted by atomic mass is 16.2. The van der Waals surface area contributed by atoms with Crippen molar-refractivity contribution in [3.63, 3.8) is 0 Å². The molecule has 1 saturated heterocycles. The predicted octanol–water partition coefficient (Wildman–Crippen LogP) is 1.95. The lowest BCUT2D eigenvalue weighted by Crippen LogP contribution is -2.52. The van der Waals surface area contributed by atoms with Crippen LogP contribution in [0.2, 0.25) is 0 Å². The third-order valence-corrected chi connectivity index (χ3v) is 5.31. The largest absolute Gasteiger partial charge is 0.347 e. The van der Waals surface area contributed by atoms with E-state index < -0.39 is 0 Å². The van der Waals surface area contributed by atoms with Gasteiger partial charge in [-0.1, -0.05) is 24.3 Å². The number of hydrogen-bond acceptors (Lipinski definition) is 2. The molecule has 4 heteroatoms. The minimum atomic E-state index is 0.159. The van der Waals surface area contributed by atoms with Crippen LogP contribution >= 0.6 is 0 Å². The monoisotopic (exact) mass is 309 g/mol. The zero-order chi connectivity index (χ0) is 15.8. The number of nitrogens with zero attached hydrogens (tertiary/aromatic N) is 3. The van der Waals surface area contributed by atoms with Gasteiger partial charge in [0.15, 0.2) is 0 Å². The lowest BCUT2D eigenvalue weighted by Gasteiger charge is -2.38. The zero-order valence-corrected chi connectivity index (χ0v) is 13.6. The summed E-state index contributed by atoms with van der Waals surface area (Å²) in [4.78, 5) is 17.1. The Morgan fingerprint density at radius 2 is 1.61 bits per heavy atom. The average Bonchev–Trinajstić information content (AvgIpc) is 3.20. The van der Waals surface area contributed by atoms with Gasteiger partial charge in [-0.25, -0.2) is 0 Å². The van der Waals surface area contributed by atoms with Crippen LogP contribution in [0.25, 0.3) is 0 Å². The van der Waals surface area contributed by atoms with Gasteiger partial charge in [0.2, 0.25) is 0 Å². The summed E-state index contributed by atoms with van der Waals surface area (Å²) in [7, 11) is 1.93. The first-order valence-electron chi connectivity index (χ1n) is 8.44. The fourth-order valence-electron chi connectivity index (χ4n) is 3.93. The van der Waals surface area contributed by atoms with Crippen molar-refractivity contribution in [2.75, 3.05) is 26.2 Å². The molecule has 1 aromatic carbocycles. The second kappa shape index (κ2) is 5.85. The third kappa shape index (κ3) is 2.68. The van der Waals surface area contributed by atoms with Gasteiger partial charge in [0, 0.05) is 45.5 Å². The van der Waals surface area contributed by atoms with Crippen LogP contribution < -0.4 is 0 Å². The van der Waals surface area contributed by atoms with E-state index in [4.69, 9.17) is 0 Å². The Morgan fingerprint density at radius 1 is 0.957 bits per heavy atom. The molecule has 1 amide bonds. The molecule has 0 spiro atoms. The number of aryl methyl sites for hydroxylation is 1. The summed E-state index contributed by atoms with van der Waals surface area (Å²) in [5.74, 6) is 0.159. The molecule has 120 valence electrons. The van der Waals surface area contributed by atoms with Gasteiger partial charge in [-0.05, 0) is 36.1 Å². The summed E-state index contributed by atoms with van der Waals surface area (Å²) in [6.45, 7) is 3.62. The van der Waals surface area contributed by atoms with Crippen molar-refractivity contribution in [3.05, 3.63) is 59.4 Å². The Kier molecular flexibility index (Phi) is 3.69. The fraction of sp³-hybridized carbons (Fsp3) is 0.421. The highest BCUT2D eigenvalue weighted by Gasteiger charge is 2.30. The molecular weight excluding hydrogens is 286 g/mol. The van der Waals surface area contributed by atoms with Gasteiger partial charge in [0.25, 0.3) is 5.91 Å². The van der Waals surface area contributed by atoms with E-state index in [0.717, 1.165) is 44.7 Å².